The number of anilines is 1. The van der Waals surface area contributed by atoms with E-state index in [2.05, 4.69) is 21.2 Å². The molecular weight excluding hydrogens is 577 g/mol. The van der Waals surface area contributed by atoms with E-state index in [0.717, 1.165) is 36.2 Å². The van der Waals surface area contributed by atoms with Crippen molar-refractivity contribution in [1.29, 1.82) is 0 Å². The molecule has 0 spiro atoms. The van der Waals surface area contributed by atoms with Crippen molar-refractivity contribution >= 4 is 66.7 Å². The number of hydrogen-bond donors (Lipinski definition) is 1. The number of amides is 2. The summed E-state index contributed by atoms with van der Waals surface area (Å²) in [6.07, 6.45) is 4.97. The number of carbonyl (C=O) groups is 2. The summed E-state index contributed by atoms with van der Waals surface area (Å²) in [5.41, 5.74) is 1.01. The zero-order chi connectivity index (χ0) is 25.8. The molecule has 1 aliphatic rings. The summed E-state index contributed by atoms with van der Waals surface area (Å²) in [7, 11) is -3.79. The van der Waals surface area contributed by atoms with Crippen molar-refractivity contribution in [2.24, 2.45) is 0 Å². The van der Waals surface area contributed by atoms with Crippen LogP contribution in [0.2, 0.25) is 10.0 Å². The SMILES string of the molecule is C[C@@H](C(=O)NC1CCCC1)N(Cc1ccc(Cl)c(Cl)c1)C(=O)CN(c1cccc(Br)c1)S(C)(=O)=O. The number of nitrogens with one attached hydrogen (secondary N) is 1. The van der Waals surface area contributed by atoms with E-state index in [9.17, 15) is 18.0 Å². The molecule has 1 aliphatic carbocycles. The molecule has 0 heterocycles. The van der Waals surface area contributed by atoms with Crippen LogP contribution in [0.4, 0.5) is 5.69 Å². The third-order valence-electron chi connectivity index (χ3n) is 5.98. The highest BCUT2D eigenvalue weighted by Crippen LogP contribution is 2.26. The first kappa shape index (κ1) is 27.8. The molecule has 1 fully saturated rings. The Bertz CT molecular complexity index is 1190. The highest BCUT2D eigenvalue weighted by molar-refractivity contribution is 9.10. The van der Waals surface area contributed by atoms with E-state index in [-0.39, 0.29) is 18.5 Å². The van der Waals surface area contributed by atoms with Gasteiger partial charge in [-0.25, -0.2) is 8.42 Å². The van der Waals surface area contributed by atoms with Gasteiger partial charge in [-0.05, 0) is 55.7 Å². The molecule has 2 amide bonds. The summed E-state index contributed by atoms with van der Waals surface area (Å²) in [6.45, 7) is 1.24. The van der Waals surface area contributed by atoms with Crippen LogP contribution in [0.1, 0.15) is 38.2 Å². The van der Waals surface area contributed by atoms with Crippen molar-refractivity contribution < 1.29 is 18.0 Å². The number of hydrogen-bond acceptors (Lipinski definition) is 4. The molecular formula is C24H28BrCl2N3O4S. The standard InChI is InChI=1S/C24H28BrCl2N3O4S/c1-16(24(32)28-19-7-3-4-8-19)29(14-17-10-11-21(26)22(27)12-17)23(31)15-30(35(2,33)34)20-9-5-6-18(25)13-20/h5-6,9-13,16,19H,3-4,7-8,14-15H2,1-2H3,(H,28,32)/t16-/m0/s1. The largest absolute Gasteiger partial charge is 0.352 e. The molecule has 0 aliphatic heterocycles. The van der Waals surface area contributed by atoms with E-state index >= 15 is 0 Å². The smallest absolute Gasteiger partial charge is 0.244 e. The number of rotatable bonds is 9. The Morgan fingerprint density at radius 2 is 1.80 bits per heavy atom. The maximum atomic E-state index is 13.6. The molecule has 3 rings (SSSR count). The van der Waals surface area contributed by atoms with Gasteiger partial charge >= 0.3 is 0 Å². The van der Waals surface area contributed by atoms with E-state index in [1.54, 1.807) is 49.4 Å². The second-order valence-electron chi connectivity index (χ2n) is 8.69. The molecule has 35 heavy (non-hydrogen) atoms. The topological polar surface area (TPSA) is 86.8 Å². The van der Waals surface area contributed by atoms with Crippen molar-refractivity contribution in [3.63, 3.8) is 0 Å². The lowest BCUT2D eigenvalue weighted by molar-refractivity contribution is -0.139. The van der Waals surface area contributed by atoms with Crippen molar-refractivity contribution in [2.45, 2.75) is 51.2 Å². The Labute approximate surface area is 224 Å². The third kappa shape index (κ3) is 7.59. The molecule has 11 heteroatoms. The van der Waals surface area contributed by atoms with E-state index in [0.29, 0.717) is 25.8 Å². The van der Waals surface area contributed by atoms with Gasteiger partial charge in [0.25, 0.3) is 0 Å². The first-order valence-electron chi connectivity index (χ1n) is 11.2. The van der Waals surface area contributed by atoms with E-state index in [1.165, 1.54) is 4.90 Å². The number of sulfonamides is 1. The molecule has 0 unspecified atom stereocenters. The highest BCUT2D eigenvalue weighted by Gasteiger charge is 2.31. The average Bonchev–Trinajstić information content (AvgIpc) is 3.29. The lowest BCUT2D eigenvalue weighted by Gasteiger charge is -2.32. The van der Waals surface area contributed by atoms with Gasteiger partial charge in [-0.15, -0.1) is 0 Å². The second kappa shape index (κ2) is 12.0. The molecule has 7 nitrogen and oxygen atoms in total. The van der Waals surface area contributed by atoms with Gasteiger partial charge in [0.15, 0.2) is 0 Å². The van der Waals surface area contributed by atoms with Crippen molar-refractivity contribution in [2.75, 3.05) is 17.1 Å². The average molecular weight is 605 g/mol. The molecule has 190 valence electrons. The minimum Gasteiger partial charge on any atom is -0.352 e. The lowest BCUT2D eigenvalue weighted by Crippen LogP contribution is -2.52. The highest BCUT2D eigenvalue weighted by atomic mass is 79.9. The molecule has 1 saturated carbocycles. The molecule has 1 atom stereocenters. The van der Waals surface area contributed by atoms with Crippen LogP contribution in [-0.2, 0) is 26.2 Å². The summed E-state index contributed by atoms with van der Waals surface area (Å²) in [5.74, 6) is -0.797. The zero-order valence-corrected chi connectivity index (χ0v) is 23.4. The maximum Gasteiger partial charge on any atom is 0.244 e. The molecule has 1 N–H and O–H groups in total. The fourth-order valence-corrected chi connectivity index (χ4v) is 5.60. The van der Waals surface area contributed by atoms with E-state index in [1.807, 2.05) is 0 Å². The maximum absolute atomic E-state index is 13.6. The van der Waals surface area contributed by atoms with Gasteiger partial charge in [0, 0.05) is 17.1 Å². The van der Waals surface area contributed by atoms with Crippen molar-refractivity contribution in [1.82, 2.24) is 10.2 Å². The molecule has 0 aromatic heterocycles. The normalized spacial score (nSPS) is 15.0. The van der Waals surface area contributed by atoms with Crippen molar-refractivity contribution in [3.05, 3.63) is 62.5 Å². The number of halogens is 3. The fraction of sp³-hybridized carbons (Fsp3) is 0.417. The molecule has 2 aromatic carbocycles. The van der Waals surface area contributed by atoms with Crippen LogP contribution in [0.5, 0.6) is 0 Å². The Morgan fingerprint density at radius 3 is 2.40 bits per heavy atom. The third-order valence-corrected chi connectivity index (χ3v) is 8.35. The Hall–Kier alpha value is -1.81. The number of benzene rings is 2. The van der Waals surface area contributed by atoms with E-state index in [4.69, 9.17) is 23.2 Å². The molecule has 0 radical (unpaired) electrons. The lowest BCUT2D eigenvalue weighted by atomic mass is 10.1. The Kier molecular flexibility index (Phi) is 9.48. The van der Waals surface area contributed by atoms with Gasteiger partial charge in [-0.2, -0.15) is 0 Å². The molecule has 0 saturated heterocycles. The van der Waals surface area contributed by atoms with Crippen LogP contribution in [0.25, 0.3) is 0 Å². The van der Waals surface area contributed by atoms with Gasteiger partial charge in [-0.3, -0.25) is 13.9 Å². The van der Waals surface area contributed by atoms with Crippen LogP contribution < -0.4 is 9.62 Å². The van der Waals surface area contributed by atoms with Crippen LogP contribution in [0, 0.1) is 0 Å². The summed E-state index contributed by atoms with van der Waals surface area (Å²) in [4.78, 5) is 28.0. The summed E-state index contributed by atoms with van der Waals surface area (Å²) >= 11 is 15.5. The number of nitrogens with zero attached hydrogens (tertiary/aromatic N) is 2. The predicted molar refractivity (Wildman–Crippen MR) is 143 cm³/mol. The minimum atomic E-state index is -3.79. The van der Waals surface area contributed by atoms with Gasteiger partial charge in [-0.1, -0.05) is 64.1 Å². The molecule has 2 aromatic rings. The van der Waals surface area contributed by atoms with Crippen LogP contribution >= 0.6 is 39.1 Å². The summed E-state index contributed by atoms with van der Waals surface area (Å²) < 4.78 is 26.9. The number of carbonyl (C=O) groups excluding carboxylic acids is 2. The fourth-order valence-electron chi connectivity index (χ4n) is 4.05. The van der Waals surface area contributed by atoms with Gasteiger partial charge < -0.3 is 10.2 Å². The van der Waals surface area contributed by atoms with Crippen LogP contribution in [0.3, 0.4) is 0 Å². The summed E-state index contributed by atoms with van der Waals surface area (Å²) in [6, 6.07) is 10.9. The summed E-state index contributed by atoms with van der Waals surface area (Å²) in [5, 5.41) is 3.72. The first-order chi connectivity index (χ1) is 16.5. The van der Waals surface area contributed by atoms with Gasteiger partial charge in [0.1, 0.15) is 12.6 Å². The van der Waals surface area contributed by atoms with Gasteiger partial charge in [0.2, 0.25) is 21.8 Å². The van der Waals surface area contributed by atoms with Crippen LogP contribution in [-0.4, -0.2) is 50.0 Å². The van der Waals surface area contributed by atoms with Crippen molar-refractivity contribution in [3.8, 4) is 0 Å². The zero-order valence-electron chi connectivity index (χ0n) is 19.5. The monoisotopic (exact) mass is 603 g/mol. The Balaban J connectivity index is 1.89. The van der Waals surface area contributed by atoms with Gasteiger partial charge in [0.05, 0.1) is 22.0 Å². The second-order valence-corrected chi connectivity index (χ2v) is 12.3. The predicted octanol–water partition coefficient (Wildman–Crippen LogP) is 5.00. The van der Waals surface area contributed by atoms with E-state index < -0.39 is 28.5 Å². The van der Waals surface area contributed by atoms with Crippen LogP contribution in [0.15, 0.2) is 46.9 Å². The first-order valence-corrected chi connectivity index (χ1v) is 14.6. The quantitative estimate of drug-likeness (QED) is 0.436. The minimum absolute atomic E-state index is 0.0606. The molecule has 0 bridgehead atoms. The Morgan fingerprint density at radius 1 is 1.11 bits per heavy atom.